The van der Waals surface area contributed by atoms with Crippen molar-refractivity contribution in [2.24, 2.45) is 4.99 Å². The van der Waals surface area contributed by atoms with Crippen molar-refractivity contribution < 1.29 is 8.42 Å². The SMILES string of the molecule is CN=C(NCCSc1ccccc1)NCC(C)(C)NS(C)(=O)=O. The number of guanidine groups is 1. The van der Waals surface area contributed by atoms with Crippen molar-refractivity contribution >= 4 is 27.7 Å². The molecule has 0 aliphatic carbocycles. The number of thioether (sulfide) groups is 1. The van der Waals surface area contributed by atoms with Gasteiger partial charge in [0.05, 0.1) is 6.26 Å². The van der Waals surface area contributed by atoms with Gasteiger partial charge in [-0.05, 0) is 26.0 Å². The summed E-state index contributed by atoms with van der Waals surface area (Å²) in [5.74, 6) is 1.57. The van der Waals surface area contributed by atoms with E-state index >= 15 is 0 Å². The van der Waals surface area contributed by atoms with Crippen molar-refractivity contribution in [3.63, 3.8) is 0 Å². The fraction of sp³-hybridized carbons (Fsp3) is 0.533. The summed E-state index contributed by atoms with van der Waals surface area (Å²) in [5.41, 5.74) is -0.593. The first-order chi connectivity index (χ1) is 10.7. The topological polar surface area (TPSA) is 82.6 Å². The van der Waals surface area contributed by atoms with Crippen LogP contribution in [0, 0.1) is 0 Å². The minimum absolute atomic E-state index is 0.436. The molecule has 0 saturated heterocycles. The van der Waals surface area contributed by atoms with E-state index < -0.39 is 15.6 Å². The third kappa shape index (κ3) is 9.47. The van der Waals surface area contributed by atoms with Crippen LogP contribution < -0.4 is 15.4 Å². The van der Waals surface area contributed by atoms with Crippen LogP contribution in [0.1, 0.15) is 13.8 Å². The average molecular weight is 359 g/mol. The summed E-state index contributed by atoms with van der Waals surface area (Å²) in [6.45, 7) is 4.84. The van der Waals surface area contributed by atoms with E-state index in [2.05, 4.69) is 32.5 Å². The largest absolute Gasteiger partial charge is 0.356 e. The molecule has 0 saturated carbocycles. The number of hydrogen-bond acceptors (Lipinski definition) is 4. The number of aliphatic imine (C=N–C) groups is 1. The molecule has 1 rings (SSSR count). The molecule has 0 aliphatic rings. The highest BCUT2D eigenvalue weighted by Crippen LogP contribution is 2.15. The number of nitrogens with one attached hydrogen (secondary N) is 3. The molecular formula is C15H26N4O2S2. The number of hydrogen-bond donors (Lipinski definition) is 3. The number of benzene rings is 1. The van der Waals surface area contributed by atoms with Gasteiger partial charge in [-0.1, -0.05) is 18.2 Å². The second-order valence-electron chi connectivity index (χ2n) is 5.77. The van der Waals surface area contributed by atoms with Crippen molar-refractivity contribution in [2.45, 2.75) is 24.3 Å². The Bertz CT molecular complexity index is 601. The van der Waals surface area contributed by atoms with Crippen LogP contribution in [0.3, 0.4) is 0 Å². The van der Waals surface area contributed by atoms with Gasteiger partial charge in [-0.2, -0.15) is 0 Å². The van der Waals surface area contributed by atoms with Gasteiger partial charge in [0.25, 0.3) is 0 Å². The summed E-state index contributed by atoms with van der Waals surface area (Å²) < 4.78 is 25.2. The Balaban J connectivity index is 2.32. The molecule has 23 heavy (non-hydrogen) atoms. The van der Waals surface area contributed by atoms with E-state index in [9.17, 15) is 8.42 Å². The molecule has 0 bridgehead atoms. The molecule has 130 valence electrons. The van der Waals surface area contributed by atoms with Crippen LogP contribution in [0.5, 0.6) is 0 Å². The van der Waals surface area contributed by atoms with Crippen molar-refractivity contribution in [3.8, 4) is 0 Å². The third-order valence-electron chi connectivity index (χ3n) is 2.79. The Hall–Kier alpha value is -1.25. The summed E-state index contributed by atoms with van der Waals surface area (Å²) in [5, 5.41) is 6.35. The van der Waals surface area contributed by atoms with Crippen LogP contribution >= 0.6 is 11.8 Å². The molecule has 1 aromatic carbocycles. The van der Waals surface area contributed by atoms with E-state index in [1.54, 1.807) is 18.8 Å². The molecule has 0 unspecified atom stereocenters. The minimum Gasteiger partial charge on any atom is -0.356 e. The minimum atomic E-state index is -3.24. The lowest BCUT2D eigenvalue weighted by molar-refractivity contribution is 0.447. The Morgan fingerprint density at radius 2 is 1.87 bits per heavy atom. The average Bonchev–Trinajstić information content (AvgIpc) is 2.45. The molecule has 0 heterocycles. The van der Waals surface area contributed by atoms with Crippen LogP contribution in [-0.4, -0.2) is 52.1 Å². The first-order valence-corrected chi connectivity index (χ1v) is 10.2. The highest BCUT2D eigenvalue weighted by Gasteiger charge is 2.22. The van der Waals surface area contributed by atoms with E-state index in [-0.39, 0.29) is 0 Å². The van der Waals surface area contributed by atoms with E-state index in [0.717, 1.165) is 18.6 Å². The van der Waals surface area contributed by atoms with Gasteiger partial charge < -0.3 is 10.6 Å². The molecule has 6 nitrogen and oxygen atoms in total. The van der Waals surface area contributed by atoms with E-state index in [1.807, 2.05) is 32.0 Å². The van der Waals surface area contributed by atoms with Crippen LogP contribution in [0.15, 0.2) is 40.2 Å². The molecular weight excluding hydrogens is 332 g/mol. The van der Waals surface area contributed by atoms with Gasteiger partial charge in [0.15, 0.2) is 5.96 Å². The van der Waals surface area contributed by atoms with Crippen LogP contribution in [0.4, 0.5) is 0 Å². The van der Waals surface area contributed by atoms with Crippen molar-refractivity contribution in [2.75, 3.05) is 32.1 Å². The molecule has 0 radical (unpaired) electrons. The van der Waals surface area contributed by atoms with Gasteiger partial charge >= 0.3 is 0 Å². The van der Waals surface area contributed by atoms with E-state index in [4.69, 9.17) is 0 Å². The molecule has 1 aromatic rings. The molecule has 0 spiro atoms. The van der Waals surface area contributed by atoms with Crippen LogP contribution in [0.25, 0.3) is 0 Å². The zero-order valence-electron chi connectivity index (χ0n) is 14.1. The zero-order valence-corrected chi connectivity index (χ0v) is 15.7. The van der Waals surface area contributed by atoms with E-state index in [1.165, 1.54) is 4.90 Å². The summed E-state index contributed by atoms with van der Waals surface area (Å²) in [4.78, 5) is 5.37. The van der Waals surface area contributed by atoms with Gasteiger partial charge in [-0.25, -0.2) is 13.1 Å². The fourth-order valence-corrected chi connectivity index (χ4v) is 3.78. The molecule has 0 amide bonds. The summed E-state index contributed by atoms with van der Waals surface area (Å²) in [6.07, 6.45) is 1.16. The summed E-state index contributed by atoms with van der Waals surface area (Å²) >= 11 is 1.77. The second kappa shape index (κ2) is 9.14. The first-order valence-electron chi connectivity index (χ1n) is 7.33. The highest BCUT2D eigenvalue weighted by molar-refractivity contribution is 7.99. The normalized spacial score (nSPS) is 13.0. The quantitative estimate of drug-likeness (QED) is 0.282. The lowest BCUT2D eigenvalue weighted by Crippen LogP contribution is -2.53. The summed E-state index contributed by atoms with van der Waals surface area (Å²) in [6, 6.07) is 10.2. The Labute approximate surface area is 143 Å². The Morgan fingerprint density at radius 3 is 2.43 bits per heavy atom. The predicted octanol–water partition coefficient (Wildman–Crippen LogP) is 1.27. The smallest absolute Gasteiger partial charge is 0.209 e. The third-order valence-corrected chi connectivity index (χ3v) is 4.73. The zero-order chi connectivity index (χ0) is 17.3. The molecule has 0 aliphatic heterocycles. The lowest BCUT2D eigenvalue weighted by atomic mass is 10.1. The Kier molecular flexibility index (Phi) is 7.87. The van der Waals surface area contributed by atoms with Gasteiger partial charge in [-0.15, -0.1) is 11.8 Å². The van der Waals surface area contributed by atoms with Gasteiger partial charge in [0.2, 0.25) is 10.0 Å². The standard InChI is InChI=1S/C15H26N4O2S2/c1-15(2,19-23(4,20)21)12-18-14(16-3)17-10-11-22-13-8-6-5-7-9-13/h5-9,19H,10-12H2,1-4H3,(H2,16,17,18). The van der Waals surface area contributed by atoms with Crippen molar-refractivity contribution in [1.82, 2.24) is 15.4 Å². The van der Waals surface area contributed by atoms with Crippen LogP contribution in [0.2, 0.25) is 0 Å². The van der Waals surface area contributed by atoms with Crippen molar-refractivity contribution in [3.05, 3.63) is 30.3 Å². The highest BCUT2D eigenvalue weighted by atomic mass is 32.2. The lowest BCUT2D eigenvalue weighted by Gasteiger charge is -2.26. The second-order valence-corrected chi connectivity index (χ2v) is 8.69. The molecule has 8 heteroatoms. The molecule has 0 atom stereocenters. The fourth-order valence-electron chi connectivity index (χ4n) is 1.92. The van der Waals surface area contributed by atoms with Gasteiger partial charge in [0, 0.05) is 36.3 Å². The predicted molar refractivity (Wildman–Crippen MR) is 98.6 cm³/mol. The number of sulfonamides is 1. The monoisotopic (exact) mass is 358 g/mol. The maximum atomic E-state index is 11.3. The Morgan fingerprint density at radius 1 is 1.22 bits per heavy atom. The number of rotatable bonds is 8. The molecule has 3 N–H and O–H groups in total. The van der Waals surface area contributed by atoms with Crippen LogP contribution in [-0.2, 0) is 10.0 Å². The van der Waals surface area contributed by atoms with Gasteiger partial charge in [0.1, 0.15) is 0 Å². The maximum absolute atomic E-state index is 11.3. The molecule has 0 fully saturated rings. The number of nitrogens with zero attached hydrogens (tertiary/aromatic N) is 1. The summed E-state index contributed by atoms with van der Waals surface area (Å²) in [7, 11) is -1.55. The molecule has 0 aromatic heterocycles. The maximum Gasteiger partial charge on any atom is 0.209 e. The first kappa shape index (κ1) is 19.8. The van der Waals surface area contributed by atoms with E-state index in [0.29, 0.717) is 12.5 Å². The van der Waals surface area contributed by atoms with Gasteiger partial charge in [-0.3, -0.25) is 4.99 Å². The van der Waals surface area contributed by atoms with Crippen molar-refractivity contribution in [1.29, 1.82) is 0 Å².